The van der Waals surface area contributed by atoms with E-state index in [2.05, 4.69) is 30.7 Å². The molecule has 108 valence electrons. The first kappa shape index (κ1) is 13.6. The highest BCUT2D eigenvalue weighted by molar-refractivity contribution is 7.71. The van der Waals surface area contributed by atoms with Crippen LogP contribution in [0.1, 0.15) is 6.42 Å². The summed E-state index contributed by atoms with van der Waals surface area (Å²) in [4.78, 5) is 16.7. The van der Waals surface area contributed by atoms with Crippen LogP contribution in [0.4, 0.5) is 5.95 Å². The van der Waals surface area contributed by atoms with E-state index < -0.39 is 0 Å². The molecule has 21 heavy (non-hydrogen) atoms. The van der Waals surface area contributed by atoms with E-state index in [0.29, 0.717) is 17.3 Å². The van der Waals surface area contributed by atoms with E-state index in [1.807, 2.05) is 17.5 Å². The Kier molecular flexibility index (Phi) is 3.88. The minimum Gasteiger partial charge on any atom is -0.299 e. The van der Waals surface area contributed by atoms with Crippen LogP contribution in [0.2, 0.25) is 0 Å². The zero-order chi connectivity index (χ0) is 14.7. The van der Waals surface area contributed by atoms with Gasteiger partial charge in [-0.3, -0.25) is 19.8 Å². The first-order chi connectivity index (χ1) is 10.2. The molecule has 0 fully saturated rings. The van der Waals surface area contributed by atoms with Crippen LogP contribution in [0.25, 0.3) is 10.7 Å². The summed E-state index contributed by atoms with van der Waals surface area (Å²) in [6, 6.07) is 3.90. The van der Waals surface area contributed by atoms with Gasteiger partial charge in [0.25, 0.3) is 0 Å². The predicted octanol–water partition coefficient (Wildman–Crippen LogP) is 1.82. The number of hydrogen-bond acceptors (Lipinski definition) is 6. The molecule has 8 nitrogen and oxygen atoms in total. The number of H-pyrrole nitrogens is 2. The highest BCUT2D eigenvalue weighted by Crippen LogP contribution is 2.22. The summed E-state index contributed by atoms with van der Waals surface area (Å²) in [6.07, 6.45) is 1.59. The number of amides is 1. The second-order valence-electron chi connectivity index (χ2n) is 4.11. The Bertz CT molecular complexity index is 772. The molecular formula is C11H11N7OS2. The predicted molar refractivity (Wildman–Crippen MR) is 80.4 cm³/mol. The first-order valence-electron chi connectivity index (χ1n) is 6.08. The van der Waals surface area contributed by atoms with Crippen molar-refractivity contribution in [3.05, 3.63) is 28.6 Å². The van der Waals surface area contributed by atoms with Crippen LogP contribution >= 0.6 is 23.6 Å². The van der Waals surface area contributed by atoms with Crippen LogP contribution in [0.15, 0.2) is 23.8 Å². The van der Waals surface area contributed by atoms with E-state index in [-0.39, 0.29) is 12.3 Å². The number of nitrogens with zero attached hydrogens (tertiary/aromatic N) is 4. The average Bonchev–Trinajstić information content (AvgIpc) is 3.17. The molecule has 10 heteroatoms. The van der Waals surface area contributed by atoms with Gasteiger partial charge >= 0.3 is 0 Å². The first-order valence-corrected chi connectivity index (χ1v) is 7.37. The molecule has 0 aliphatic carbocycles. The molecule has 0 saturated carbocycles. The van der Waals surface area contributed by atoms with Gasteiger partial charge in [-0.1, -0.05) is 6.07 Å². The fraction of sp³-hybridized carbons (Fsp3) is 0.182. The van der Waals surface area contributed by atoms with Crippen molar-refractivity contribution in [1.29, 1.82) is 0 Å². The molecule has 0 aromatic carbocycles. The molecule has 0 saturated heterocycles. The second-order valence-corrected chi connectivity index (χ2v) is 5.45. The van der Waals surface area contributed by atoms with Gasteiger partial charge in [-0.05, 0) is 23.7 Å². The minimum absolute atomic E-state index is 0.174. The van der Waals surface area contributed by atoms with Gasteiger partial charge < -0.3 is 0 Å². The van der Waals surface area contributed by atoms with Crippen molar-refractivity contribution in [2.45, 2.75) is 13.0 Å². The molecule has 0 bridgehead atoms. The number of anilines is 1. The van der Waals surface area contributed by atoms with E-state index >= 15 is 0 Å². The molecule has 0 unspecified atom stereocenters. The maximum atomic E-state index is 11.8. The maximum Gasteiger partial charge on any atom is 0.228 e. The Labute approximate surface area is 128 Å². The van der Waals surface area contributed by atoms with Crippen LogP contribution in [0, 0.1) is 4.77 Å². The van der Waals surface area contributed by atoms with Crippen LogP contribution in [-0.2, 0) is 11.3 Å². The van der Waals surface area contributed by atoms with Gasteiger partial charge in [0.15, 0.2) is 10.6 Å². The van der Waals surface area contributed by atoms with Crippen molar-refractivity contribution < 1.29 is 4.79 Å². The van der Waals surface area contributed by atoms with Crippen molar-refractivity contribution in [2.24, 2.45) is 0 Å². The van der Waals surface area contributed by atoms with Gasteiger partial charge in [-0.15, -0.1) is 11.3 Å². The number of nitrogens with one attached hydrogen (secondary N) is 3. The highest BCUT2D eigenvalue weighted by Gasteiger charge is 2.11. The van der Waals surface area contributed by atoms with Gasteiger partial charge in [-0.25, -0.2) is 5.10 Å². The molecule has 0 radical (unpaired) electrons. The summed E-state index contributed by atoms with van der Waals surface area (Å²) in [5, 5.41) is 17.8. The monoisotopic (exact) mass is 321 g/mol. The van der Waals surface area contributed by atoms with E-state index in [1.54, 1.807) is 15.9 Å². The zero-order valence-electron chi connectivity index (χ0n) is 10.7. The number of rotatable bonds is 5. The van der Waals surface area contributed by atoms with E-state index in [9.17, 15) is 4.79 Å². The summed E-state index contributed by atoms with van der Waals surface area (Å²) < 4.78 is 2.30. The molecule has 3 rings (SSSR count). The molecule has 1 amide bonds. The normalized spacial score (nSPS) is 10.7. The third-order valence-electron chi connectivity index (χ3n) is 2.74. The number of thiophene rings is 1. The van der Waals surface area contributed by atoms with Crippen molar-refractivity contribution in [1.82, 2.24) is 29.9 Å². The molecule has 3 aromatic heterocycles. The number of carbonyl (C=O) groups is 1. The van der Waals surface area contributed by atoms with E-state index in [1.165, 1.54) is 6.33 Å². The number of carbonyl (C=O) groups excluding carboxylic acids is 1. The SMILES string of the molecule is O=C(CCn1c(-c2cccs2)n[nH]c1=S)Nc1ncn[nH]1. The zero-order valence-corrected chi connectivity index (χ0v) is 12.4. The molecule has 0 spiro atoms. The van der Waals surface area contributed by atoms with Crippen molar-refractivity contribution in [2.75, 3.05) is 5.32 Å². The van der Waals surface area contributed by atoms with Crippen LogP contribution < -0.4 is 5.32 Å². The smallest absolute Gasteiger partial charge is 0.228 e. The Morgan fingerprint density at radius 2 is 2.38 bits per heavy atom. The fourth-order valence-electron chi connectivity index (χ4n) is 1.79. The maximum absolute atomic E-state index is 11.8. The topological polar surface area (TPSA) is 104 Å². The van der Waals surface area contributed by atoms with Gasteiger partial charge in [-0.2, -0.15) is 15.2 Å². The van der Waals surface area contributed by atoms with Crippen molar-refractivity contribution in [3.8, 4) is 10.7 Å². The summed E-state index contributed by atoms with van der Waals surface area (Å²) >= 11 is 6.77. The highest BCUT2D eigenvalue weighted by atomic mass is 32.1. The molecule has 3 heterocycles. The summed E-state index contributed by atoms with van der Waals surface area (Å²) in [7, 11) is 0. The van der Waals surface area contributed by atoms with Gasteiger partial charge in [0.2, 0.25) is 11.9 Å². The standard InChI is InChI=1S/C11H11N7OS2/c19-8(14-10-12-6-13-16-10)3-4-18-9(15-17-11(18)20)7-2-1-5-21-7/h1-2,5-6H,3-4H2,(H,17,20)(H2,12,13,14,16,19). The third kappa shape index (κ3) is 3.06. The summed E-state index contributed by atoms with van der Waals surface area (Å²) in [5.74, 6) is 0.892. The Balaban J connectivity index is 1.69. The van der Waals surface area contributed by atoms with Gasteiger partial charge in [0.05, 0.1) is 4.88 Å². The number of aromatic nitrogens is 6. The third-order valence-corrected chi connectivity index (χ3v) is 3.91. The summed E-state index contributed by atoms with van der Waals surface area (Å²) in [5.41, 5.74) is 0. The number of hydrogen-bond donors (Lipinski definition) is 3. The average molecular weight is 321 g/mol. The quantitative estimate of drug-likeness (QED) is 0.622. The van der Waals surface area contributed by atoms with Crippen molar-refractivity contribution >= 4 is 35.4 Å². The molecule has 0 aliphatic rings. The summed E-state index contributed by atoms with van der Waals surface area (Å²) in [6.45, 7) is 0.433. The Morgan fingerprint density at radius 1 is 1.48 bits per heavy atom. The molecule has 0 atom stereocenters. The lowest BCUT2D eigenvalue weighted by molar-refractivity contribution is -0.116. The Morgan fingerprint density at radius 3 is 3.10 bits per heavy atom. The number of aromatic amines is 2. The largest absolute Gasteiger partial charge is 0.299 e. The molecule has 0 aliphatic heterocycles. The van der Waals surface area contributed by atoms with Crippen LogP contribution in [0.3, 0.4) is 0 Å². The van der Waals surface area contributed by atoms with E-state index in [0.717, 1.165) is 10.7 Å². The van der Waals surface area contributed by atoms with Crippen LogP contribution in [-0.4, -0.2) is 35.9 Å². The molecular weight excluding hydrogens is 310 g/mol. The molecule has 3 N–H and O–H groups in total. The van der Waals surface area contributed by atoms with Crippen LogP contribution in [0.5, 0.6) is 0 Å². The molecule has 3 aromatic rings. The second kappa shape index (κ2) is 5.97. The van der Waals surface area contributed by atoms with Gasteiger partial charge in [0, 0.05) is 13.0 Å². The Hall–Kier alpha value is -2.33. The van der Waals surface area contributed by atoms with Crippen molar-refractivity contribution in [3.63, 3.8) is 0 Å². The lowest BCUT2D eigenvalue weighted by Crippen LogP contribution is -2.15. The van der Waals surface area contributed by atoms with E-state index in [4.69, 9.17) is 12.2 Å². The van der Waals surface area contributed by atoms with Gasteiger partial charge in [0.1, 0.15) is 6.33 Å². The lowest BCUT2D eigenvalue weighted by Gasteiger charge is -2.05. The lowest BCUT2D eigenvalue weighted by atomic mass is 10.3. The minimum atomic E-state index is -0.174. The fourth-order valence-corrected chi connectivity index (χ4v) is 2.74.